The van der Waals surface area contributed by atoms with E-state index in [1.165, 1.54) is 38.2 Å². The van der Waals surface area contributed by atoms with Crippen LogP contribution in [0.25, 0.3) is 0 Å². The number of hydrogen-bond acceptors (Lipinski definition) is 2. The summed E-state index contributed by atoms with van der Waals surface area (Å²) >= 11 is 22.8. The van der Waals surface area contributed by atoms with Crippen molar-refractivity contribution in [2.45, 2.75) is 55.9 Å². The van der Waals surface area contributed by atoms with Gasteiger partial charge in [-0.25, -0.2) is 0 Å². The van der Waals surface area contributed by atoms with E-state index in [2.05, 4.69) is 35.0 Å². The zero-order chi connectivity index (χ0) is 18.9. The molecular formula is C17H24Cl3N3OS. The number of halogens is 3. The molecule has 0 radical (unpaired) electrons. The molecule has 0 spiro atoms. The summed E-state index contributed by atoms with van der Waals surface area (Å²) in [6.07, 6.45) is 5.10. The van der Waals surface area contributed by atoms with E-state index < -0.39 is 9.96 Å². The number of nitrogens with one attached hydrogen (secondary N) is 3. The number of anilines is 1. The van der Waals surface area contributed by atoms with Crippen LogP contribution in [0.3, 0.4) is 0 Å². The van der Waals surface area contributed by atoms with Crippen molar-refractivity contribution in [2.75, 3.05) is 5.32 Å². The normalized spacial score (nSPS) is 12.4. The minimum Gasteiger partial charge on any atom is -0.339 e. The minimum atomic E-state index is -1.74. The van der Waals surface area contributed by atoms with E-state index in [-0.39, 0.29) is 11.0 Å². The Kier molecular flexibility index (Phi) is 9.87. The molecule has 1 aromatic rings. The molecule has 0 saturated heterocycles. The molecule has 0 aliphatic carbocycles. The van der Waals surface area contributed by atoms with Gasteiger partial charge in [-0.3, -0.25) is 4.79 Å². The molecule has 8 heteroatoms. The number of carbonyl (C=O) groups excluding carboxylic acids is 1. The fourth-order valence-electron chi connectivity index (χ4n) is 2.21. The van der Waals surface area contributed by atoms with Gasteiger partial charge < -0.3 is 16.0 Å². The van der Waals surface area contributed by atoms with Crippen molar-refractivity contribution >= 4 is 63.7 Å². The van der Waals surface area contributed by atoms with E-state index in [1.807, 2.05) is 12.1 Å². The average molecular weight is 425 g/mol. The molecule has 0 heterocycles. The van der Waals surface area contributed by atoms with Gasteiger partial charge in [-0.2, -0.15) is 0 Å². The standard InChI is InChI=1S/C17H24Cl3N3OS/c1-3-4-5-6-7-13-8-10-14(11-9-13)22-16(25)23-15(17(18,19)20)21-12(2)24/h8-11,15H,3-7H2,1-2H3,(H,21,24)(H2,22,23,25)/t15-/m1/s1. The Morgan fingerprint density at radius 1 is 1.12 bits per heavy atom. The van der Waals surface area contributed by atoms with Crippen LogP contribution in [0, 0.1) is 0 Å². The molecule has 1 aromatic carbocycles. The fraction of sp³-hybridized carbons (Fsp3) is 0.529. The highest BCUT2D eigenvalue weighted by atomic mass is 35.6. The average Bonchev–Trinajstić information content (AvgIpc) is 2.51. The smallest absolute Gasteiger partial charge is 0.228 e. The maximum absolute atomic E-state index is 11.2. The van der Waals surface area contributed by atoms with Crippen molar-refractivity contribution in [2.24, 2.45) is 0 Å². The number of alkyl halides is 3. The molecule has 0 fully saturated rings. The molecule has 0 bridgehead atoms. The lowest BCUT2D eigenvalue weighted by atomic mass is 10.1. The first-order valence-electron chi connectivity index (χ1n) is 8.22. The number of rotatable bonds is 8. The van der Waals surface area contributed by atoms with E-state index in [4.69, 9.17) is 47.0 Å². The van der Waals surface area contributed by atoms with Crippen LogP contribution in [0.2, 0.25) is 0 Å². The second kappa shape index (κ2) is 11.1. The Labute approximate surface area is 170 Å². The third-order valence-corrected chi connectivity index (χ3v) is 4.36. The number of aryl methyl sites for hydroxylation is 1. The molecule has 0 saturated carbocycles. The molecule has 0 aliphatic heterocycles. The Balaban J connectivity index is 2.54. The Morgan fingerprint density at radius 2 is 1.76 bits per heavy atom. The van der Waals surface area contributed by atoms with Crippen LogP contribution in [0.1, 0.15) is 45.1 Å². The van der Waals surface area contributed by atoms with Gasteiger partial charge in [0.1, 0.15) is 6.17 Å². The molecule has 4 nitrogen and oxygen atoms in total. The van der Waals surface area contributed by atoms with Gasteiger partial charge in [0.15, 0.2) is 5.11 Å². The summed E-state index contributed by atoms with van der Waals surface area (Å²) in [5, 5.41) is 8.56. The van der Waals surface area contributed by atoms with Crippen LogP contribution in [0.15, 0.2) is 24.3 Å². The van der Waals surface area contributed by atoms with Gasteiger partial charge in [0.05, 0.1) is 0 Å². The first-order valence-corrected chi connectivity index (χ1v) is 9.77. The van der Waals surface area contributed by atoms with Crippen LogP contribution in [0.4, 0.5) is 5.69 Å². The molecule has 0 unspecified atom stereocenters. The van der Waals surface area contributed by atoms with E-state index >= 15 is 0 Å². The Morgan fingerprint density at radius 3 is 2.28 bits per heavy atom. The Hall–Kier alpha value is -0.750. The van der Waals surface area contributed by atoms with Gasteiger partial charge in [-0.05, 0) is 42.8 Å². The molecule has 1 atom stereocenters. The number of thiocarbonyl (C=S) groups is 1. The number of benzene rings is 1. The van der Waals surface area contributed by atoms with Gasteiger partial charge in [-0.15, -0.1) is 0 Å². The summed E-state index contributed by atoms with van der Waals surface area (Å²) in [6, 6.07) is 8.03. The fourth-order valence-corrected chi connectivity index (χ4v) is 2.77. The highest BCUT2D eigenvalue weighted by Gasteiger charge is 2.33. The topological polar surface area (TPSA) is 53.2 Å². The summed E-state index contributed by atoms with van der Waals surface area (Å²) in [7, 11) is 0. The van der Waals surface area contributed by atoms with Crippen LogP contribution in [-0.4, -0.2) is 21.0 Å². The van der Waals surface area contributed by atoms with Gasteiger partial charge in [0.25, 0.3) is 0 Å². The van der Waals surface area contributed by atoms with Crippen LogP contribution in [-0.2, 0) is 11.2 Å². The highest BCUT2D eigenvalue weighted by Crippen LogP contribution is 2.29. The van der Waals surface area contributed by atoms with Crippen molar-refractivity contribution < 1.29 is 4.79 Å². The highest BCUT2D eigenvalue weighted by molar-refractivity contribution is 7.80. The summed E-state index contributed by atoms with van der Waals surface area (Å²) in [5.41, 5.74) is 2.11. The van der Waals surface area contributed by atoms with E-state index in [0.717, 1.165) is 12.1 Å². The third-order valence-electron chi connectivity index (χ3n) is 3.48. The molecule has 25 heavy (non-hydrogen) atoms. The molecule has 0 aliphatic rings. The number of amides is 1. The van der Waals surface area contributed by atoms with Crippen molar-refractivity contribution in [3.63, 3.8) is 0 Å². The number of unbranched alkanes of at least 4 members (excludes halogenated alkanes) is 3. The van der Waals surface area contributed by atoms with Crippen molar-refractivity contribution in [1.82, 2.24) is 10.6 Å². The summed E-state index contributed by atoms with van der Waals surface area (Å²) in [6.45, 7) is 3.54. The van der Waals surface area contributed by atoms with Gasteiger partial charge in [0, 0.05) is 12.6 Å². The lowest BCUT2D eigenvalue weighted by Gasteiger charge is -2.27. The molecule has 140 valence electrons. The van der Waals surface area contributed by atoms with Gasteiger partial charge in [-0.1, -0.05) is 73.1 Å². The summed E-state index contributed by atoms with van der Waals surface area (Å²) in [4.78, 5) is 11.2. The zero-order valence-electron chi connectivity index (χ0n) is 14.4. The molecule has 1 rings (SSSR count). The maximum atomic E-state index is 11.2. The quantitative estimate of drug-likeness (QED) is 0.240. The molecule has 3 N–H and O–H groups in total. The first kappa shape index (κ1) is 22.3. The lowest BCUT2D eigenvalue weighted by Crippen LogP contribution is -2.55. The largest absolute Gasteiger partial charge is 0.339 e. The Bertz CT molecular complexity index is 561. The number of hydrogen-bond donors (Lipinski definition) is 3. The zero-order valence-corrected chi connectivity index (χ0v) is 17.5. The lowest BCUT2D eigenvalue weighted by molar-refractivity contribution is -0.119. The van der Waals surface area contributed by atoms with Gasteiger partial charge in [0.2, 0.25) is 9.70 Å². The van der Waals surface area contributed by atoms with E-state index in [1.54, 1.807) is 0 Å². The van der Waals surface area contributed by atoms with Crippen LogP contribution >= 0.6 is 47.0 Å². The van der Waals surface area contributed by atoms with Crippen LogP contribution < -0.4 is 16.0 Å². The predicted molar refractivity (Wildman–Crippen MR) is 112 cm³/mol. The third kappa shape index (κ3) is 9.50. The summed E-state index contributed by atoms with van der Waals surface area (Å²) in [5.74, 6) is -0.334. The van der Waals surface area contributed by atoms with Crippen molar-refractivity contribution in [1.29, 1.82) is 0 Å². The van der Waals surface area contributed by atoms with Crippen molar-refractivity contribution in [3.05, 3.63) is 29.8 Å². The second-order valence-electron chi connectivity index (χ2n) is 5.78. The SMILES string of the molecule is CCCCCCc1ccc(NC(=S)N[C@@H](NC(C)=O)C(Cl)(Cl)Cl)cc1. The second-order valence-corrected chi connectivity index (χ2v) is 8.56. The molecular weight excluding hydrogens is 401 g/mol. The monoisotopic (exact) mass is 423 g/mol. The van der Waals surface area contributed by atoms with E-state index in [0.29, 0.717) is 0 Å². The van der Waals surface area contributed by atoms with Gasteiger partial charge >= 0.3 is 0 Å². The first-order chi connectivity index (χ1) is 11.7. The summed E-state index contributed by atoms with van der Waals surface area (Å²) < 4.78 is -1.74. The van der Waals surface area contributed by atoms with E-state index in [9.17, 15) is 4.79 Å². The molecule has 0 aromatic heterocycles. The van der Waals surface area contributed by atoms with Crippen molar-refractivity contribution in [3.8, 4) is 0 Å². The predicted octanol–water partition coefficient (Wildman–Crippen LogP) is 4.93. The minimum absolute atomic E-state index is 0.251. The maximum Gasteiger partial charge on any atom is 0.228 e. The number of carbonyl (C=O) groups is 1. The van der Waals surface area contributed by atoms with Crippen LogP contribution in [0.5, 0.6) is 0 Å². The molecule has 1 amide bonds.